The lowest BCUT2D eigenvalue weighted by molar-refractivity contribution is 0.0927. The second-order valence-corrected chi connectivity index (χ2v) is 5.93. The first-order valence-corrected chi connectivity index (χ1v) is 7.90. The number of nitrogens with zero attached hydrogens (tertiary/aromatic N) is 4. The first-order chi connectivity index (χ1) is 11.7. The fourth-order valence-corrected chi connectivity index (χ4v) is 2.93. The summed E-state index contributed by atoms with van der Waals surface area (Å²) in [6.07, 6.45) is 5.54. The number of hydrogen-bond acceptors (Lipinski definition) is 5. The molecule has 7 heteroatoms. The van der Waals surface area contributed by atoms with Gasteiger partial charge in [0.1, 0.15) is 5.82 Å². The second-order valence-electron chi connectivity index (χ2n) is 5.93. The van der Waals surface area contributed by atoms with Crippen molar-refractivity contribution in [2.24, 2.45) is 0 Å². The van der Waals surface area contributed by atoms with E-state index in [0.717, 1.165) is 30.8 Å². The van der Waals surface area contributed by atoms with E-state index in [0.29, 0.717) is 17.3 Å². The maximum atomic E-state index is 12.4. The zero-order chi connectivity index (χ0) is 16.5. The van der Waals surface area contributed by atoms with Crippen LogP contribution in [0.2, 0.25) is 0 Å². The van der Waals surface area contributed by atoms with Crippen LogP contribution in [0.1, 0.15) is 28.4 Å². The summed E-state index contributed by atoms with van der Waals surface area (Å²) in [6.45, 7) is 2.53. The van der Waals surface area contributed by atoms with Gasteiger partial charge in [-0.2, -0.15) is 4.98 Å². The molecule has 1 amide bonds. The lowest BCUT2D eigenvalue weighted by Gasteiger charge is -2.24. The monoisotopic (exact) mass is 323 g/mol. The van der Waals surface area contributed by atoms with Crippen molar-refractivity contribution >= 4 is 5.91 Å². The Balaban J connectivity index is 1.43. The van der Waals surface area contributed by atoms with Crippen LogP contribution in [0.5, 0.6) is 0 Å². The zero-order valence-corrected chi connectivity index (χ0v) is 13.3. The van der Waals surface area contributed by atoms with E-state index >= 15 is 0 Å². The molecule has 0 fully saturated rings. The zero-order valence-electron chi connectivity index (χ0n) is 13.3. The van der Waals surface area contributed by atoms with E-state index in [1.54, 1.807) is 25.3 Å². The second kappa shape index (κ2) is 5.92. The Kier molecular flexibility index (Phi) is 3.60. The minimum atomic E-state index is -0.0724. The Bertz CT molecular complexity index is 865. The maximum Gasteiger partial charge on any atom is 0.257 e. The number of nitrogens with one attached hydrogen (secondary N) is 1. The van der Waals surface area contributed by atoms with Gasteiger partial charge >= 0.3 is 0 Å². The molecule has 2 aromatic heterocycles. The fourth-order valence-electron chi connectivity index (χ4n) is 2.93. The number of rotatable bonds is 3. The molecular formula is C17H17N5O2. The highest BCUT2D eigenvalue weighted by molar-refractivity contribution is 5.94. The van der Waals surface area contributed by atoms with E-state index in [-0.39, 0.29) is 11.9 Å². The molecule has 0 saturated heterocycles. The first-order valence-electron chi connectivity index (χ1n) is 7.90. The molecule has 0 spiro atoms. The highest BCUT2D eigenvalue weighted by Crippen LogP contribution is 2.18. The van der Waals surface area contributed by atoms with Crippen molar-refractivity contribution in [1.82, 2.24) is 25.0 Å². The van der Waals surface area contributed by atoms with Crippen molar-refractivity contribution in [3.8, 4) is 11.5 Å². The molecule has 7 nitrogen and oxygen atoms in total. The Morgan fingerprint density at radius 3 is 2.92 bits per heavy atom. The summed E-state index contributed by atoms with van der Waals surface area (Å²) in [7, 11) is 0. The smallest absolute Gasteiger partial charge is 0.257 e. The summed E-state index contributed by atoms with van der Waals surface area (Å²) < 4.78 is 7.22. The maximum absolute atomic E-state index is 12.4. The molecule has 0 unspecified atom stereocenters. The van der Waals surface area contributed by atoms with Gasteiger partial charge in [-0.05, 0) is 37.6 Å². The molecule has 24 heavy (non-hydrogen) atoms. The summed E-state index contributed by atoms with van der Waals surface area (Å²) in [5, 5.41) is 6.86. The topological polar surface area (TPSA) is 85.8 Å². The molecule has 1 atom stereocenters. The average molecular weight is 323 g/mol. The van der Waals surface area contributed by atoms with Crippen LogP contribution in [0, 0.1) is 6.92 Å². The van der Waals surface area contributed by atoms with Crippen LogP contribution in [0.15, 0.2) is 41.2 Å². The SMILES string of the molecule is Cc1noc(-c2ccc(C(=O)N[C@@H]3CCc4nccn4C3)cc2)n1. The van der Waals surface area contributed by atoms with Crippen LogP contribution in [0.3, 0.4) is 0 Å². The van der Waals surface area contributed by atoms with Crippen LogP contribution in [-0.2, 0) is 13.0 Å². The minimum absolute atomic E-state index is 0.0724. The first kappa shape index (κ1) is 14.6. The fraction of sp³-hybridized carbons (Fsp3) is 0.294. The lowest BCUT2D eigenvalue weighted by atomic mass is 10.1. The van der Waals surface area contributed by atoms with Gasteiger partial charge in [0.15, 0.2) is 5.82 Å². The molecule has 4 rings (SSSR count). The summed E-state index contributed by atoms with van der Waals surface area (Å²) in [6, 6.07) is 7.30. The molecule has 0 bridgehead atoms. The number of fused-ring (bicyclic) bond motifs is 1. The van der Waals surface area contributed by atoms with E-state index in [4.69, 9.17) is 4.52 Å². The number of carbonyl (C=O) groups is 1. The van der Waals surface area contributed by atoms with Gasteiger partial charge in [-0.1, -0.05) is 5.16 Å². The molecule has 0 aliphatic carbocycles. The molecule has 1 N–H and O–H groups in total. The van der Waals surface area contributed by atoms with Gasteiger partial charge in [-0.25, -0.2) is 4.98 Å². The predicted octanol–water partition coefficient (Wildman–Crippen LogP) is 1.99. The molecule has 1 aliphatic rings. The third-order valence-electron chi connectivity index (χ3n) is 4.19. The molecule has 1 aliphatic heterocycles. The van der Waals surface area contributed by atoms with E-state index in [9.17, 15) is 4.79 Å². The Hall–Kier alpha value is -2.96. The Morgan fingerprint density at radius 1 is 1.33 bits per heavy atom. The number of aromatic nitrogens is 4. The quantitative estimate of drug-likeness (QED) is 0.796. The van der Waals surface area contributed by atoms with E-state index in [1.807, 2.05) is 18.3 Å². The molecule has 3 heterocycles. The highest BCUT2D eigenvalue weighted by atomic mass is 16.5. The molecule has 3 aromatic rings. The summed E-state index contributed by atoms with van der Waals surface area (Å²) in [4.78, 5) is 20.9. The molecule has 122 valence electrons. The van der Waals surface area contributed by atoms with Crippen molar-refractivity contribution in [2.45, 2.75) is 32.4 Å². The van der Waals surface area contributed by atoms with Crippen LogP contribution < -0.4 is 5.32 Å². The molecular weight excluding hydrogens is 306 g/mol. The molecule has 0 saturated carbocycles. The van der Waals surface area contributed by atoms with Gasteiger partial charge in [0, 0.05) is 42.5 Å². The molecule has 0 radical (unpaired) electrons. The van der Waals surface area contributed by atoms with Crippen molar-refractivity contribution in [1.29, 1.82) is 0 Å². The number of carbonyl (C=O) groups excluding carboxylic acids is 1. The minimum Gasteiger partial charge on any atom is -0.347 e. The highest BCUT2D eigenvalue weighted by Gasteiger charge is 2.21. The normalized spacial score (nSPS) is 16.6. The Labute approximate surface area is 138 Å². The average Bonchev–Trinajstić information content (AvgIpc) is 3.23. The van der Waals surface area contributed by atoms with Crippen molar-refractivity contribution in [2.75, 3.05) is 0 Å². The van der Waals surface area contributed by atoms with Gasteiger partial charge < -0.3 is 14.4 Å². The van der Waals surface area contributed by atoms with Gasteiger partial charge in [0.05, 0.1) is 0 Å². The van der Waals surface area contributed by atoms with Crippen LogP contribution in [-0.4, -0.2) is 31.6 Å². The largest absolute Gasteiger partial charge is 0.347 e. The predicted molar refractivity (Wildman–Crippen MR) is 86.3 cm³/mol. The summed E-state index contributed by atoms with van der Waals surface area (Å²) >= 11 is 0. The number of imidazole rings is 1. The standard InChI is InChI=1S/C17H17N5O2/c1-11-19-17(24-21-11)13-4-2-12(3-5-13)16(23)20-14-6-7-15-18-8-9-22(15)10-14/h2-5,8-9,14H,6-7,10H2,1H3,(H,20,23)/t14-/m1/s1. The summed E-state index contributed by atoms with van der Waals surface area (Å²) in [5.74, 6) is 2.05. The van der Waals surface area contributed by atoms with Gasteiger partial charge in [0.2, 0.25) is 0 Å². The Morgan fingerprint density at radius 2 is 2.17 bits per heavy atom. The van der Waals surface area contributed by atoms with E-state index in [2.05, 4.69) is 25.0 Å². The van der Waals surface area contributed by atoms with Crippen LogP contribution >= 0.6 is 0 Å². The third-order valence-corrected chi connectivity index (χ3v) is 4.19. The van der Waals surface area contributed by atoms with Crippen LogP contribution in [0.4, 0.5) is 0 Å². The van der Waals surface area contributed by atoms with Crippen LogP contribution in [0.25, 0.3) is 11.5 Å². The van der Waals surface area contributed by atoms with E-state index in [1.165, 1.54) is 0 Å². The van der Waals surface area contributed by atoms with Crippen molar-refractivity contribution in [3.63, 3.8) is 0 Å². The molecule has 1 aromatic carbocycles. The number of aryl methyl sites for hydroxylation is 2. The third kappa shape index (κ3) is 2.80. The lowest BCUT2D eigenvalue weighted by Crippen LogP contribution is -2.40. The number of amides is 1. The van der Waals surface area contributed by atoms with Gasteiger partial charge in [-0.15, -0.1) is 0 Å². The summed E-state index contributed by atoms with van der Waals surface area (Å²) in [5.41, 5.74) is 1.42. The number of benzene rings is 1. The van der Waals surface area contributed by atoms with E-state index < -0.39 is 0 Å². The van der Waals surface area contributed by atoms with Gasteiger partial charge in [0.25, 0.3) is 11.8 Å². The van der Waals surface area contributed by atoms with Crippen molar-refractivity contribution < 1.29 is 9.32 Å². The number of hydrogen-bond donors (Lipinski definition) is 1. The van der Waals surface area contributed by atoms with Gasteiger partial charge in [-0.3, -0.25) is 4.79 Å². The van der Waals surface area contributed by atoms with Crippen molar-refractivity contribution in [3.05, 3.63) is 53.9 Å².